The average Bonchev–Trinajstić information content (AvgIpc) is 2.56. The maximum atomic E-state index is 8.30. The Morgan fingerprint density at radius 1 is 0.727 bits per heavy atom. The Hall–Kier alpha value is -2.62. The van der Waals surface area contributed by atoms with E-state index in [-0.39, 0.29) is 0 Å². The van der Waals surface area contributed by atoms with E-state index in [1.807, 2.05) is 83.5 Å². The van der Waals surface area contributed by atoms with Gasteiger partial charge in [0.1, 0.15) is 6.79 Å². The number of nitrogens with zero attached hydrogens (tertiary/aromatic N) is 2. The first-order chi connectivity index (χ1) is 10.5. The predicted octanol–water partition coefficient (Wildman–Crippen LogP) is 3.05. The lowest BCUT2D eigenvalue weighted by molar-refractivity contribution is -0.0979. The summed E-state index contributed by atoms with van der Waals surface area (Å²) in [6, 6.07) is 16.1. The second kappa shape index (κ2) is 7.98. The van der Waals surface area contributed by atoms with E-state index >= 15 is 0 Å². The quantitative estimate of drug-likeness (QED) is 0.882. The molecule has 0 heterocycles. The fourth-order valence-electron chi connectivity index (χ4n) is 2.02. The molecule has 0 atom stereocenters. The van der Waals surface area contributed by atoms with E-state index in [0.29, 0.717) is 5.71 Å². The van der Waals surface area contributed by atoms with Crippen LogP contribution in [0.15, 0.2) is 48.5 Å². The van der Waals surface area contributed by atoms with Gasteiger partial charge in [-0.2, -0.15) is 0 Å². The maximum absolute atomic E-state index is 8.30. The Balaban J connectivity index is 0.00000116. The SMILES string of the molecule is C=O.CN(C)c1ccc(C(=N)c2ccc(N(C)C)cc2)cc1. The minimum Gasteiger partial charge on any atom is -0.378 e. The van der Waals surface area contributed by atoms with Crippen LogP contribution in [-0.2, 0) is 4.79 Å². The lowest BCUT2D eigenvalue weighted by Crippen LogP contribution is -2.10. The number of nitrogens with one attached hydrogen (secondary N) is 1. The van der Waals surface area contributed by atoms with Gasteiger partial charge in [-0.05, 0) is 24.3 Å². The number of benzene rings is 2. The van der Waals surface area contributed by atoms with E-state index in [2.05, 4.69) is 9.80 Å². The Morgan fingerprint density at radius 3 is 1.23 bits per heavy atom. The van der Waals surface area contributed by atoms with E-state index in [1.165, 1.54) is 0 Å². The van der Waals surface area contributed by atoms with Gasteiger partial charge in [-0.3, -0.25) is 5.41 Å². The van der Waals surface area contributed by atoms with Gasteiger partial charge in [-0.15, -0.1) is 0 Å². The molecule has 4 nitrogen and oxygen atoms in total. The van der Waals surface area contributed by atoms with Gasteiger partial charge in [-0.25, -0.2) is 0 Å². The van der Waals surface area contributed by atoms with Crippen LogP contribution in [0.4, 0.5) is 11.4 Å². The summed E-state index contributed by atoms with van der Waals surface area (Å²) in [6.07, 6.45) is 0. The van der Waals surface area contributed by atoms with Gasteiger partial charge in [0, 0.05) is 50.7 Å². The summed E-state index contributed by atoms with van der Waals surface area (Å²) >= 11 is 0. The third-order valence-electron chi connectivity index (χ3n) is 3.34. The van der Waals surface area contributed by atoms with Crippen LogP contribution in [0, 0.1) is 5.41 Å². The number of carbonyl (C=O) groups excluding carboxylic acids is 1. The molecule has 2 aromatic carbocycles. The molecule has 0 fully saturated rings. The Labute approximate surface area is 132 Å². The van der Waals surface area contributed by atoms with Gasteiger partial charge in [-0.1, -0.05) is 24.3 Å². The fraction of sp³-hybridized carbons (Fsp3) is 0.222. The highest BCUT2D eigenvalue weighted by molar-refractivity contribution is 6.11. The van der Waals surface area contributed by atoms with Crippen LogP contribution in [0.25, 0.3) is 0 Å². The Kier molecular flexibility index (Phi) is 6.32. The van der Waals surface area contributed by atoms with Crippen LogP contribution in [0.2, 0.25) is 0 Å². The lowest BCUT2D eigenvalue weighted by atomic mass is 10.0. The van der Waals surface area contributed by atoms with Crippen molar-refractivity contribution in [2.75, 3.05) is 38.0 Å². The largest absolute Gasteiger partial charge is 0.378 e. The first-order valence-corrected chi connectivity index (χ1v) is 6.92. The minimum absolute atomic E-state index is 0.556. The lowest BCUT2D eigenvalue weighted by Gasteiger charge is -2.14. The van der Waals surface area contributed by atoms with Gasteiger partial charge in [0.2, 0.25) is 0 Å². The molecule has 0 amide bonds. The molecule has 0 saturated heterocycles. The van der Waals surface area contributed by atoms with Crippen LogP contribution < -0.4 is 9.80 Å². The fourth-order valence-corrected chi connectivity index (χ4v) is 2.02. The molecule has 2 aromatic rings. The highest BCUT2D eigenvalue weighted by atomic mass is 16.1. The standard InChI is InChI=1S/C17H21N3.CH2O/c1-19(2)15-9-5-13(6-10-15)17(18)14-7-11-16(12-8-14)20(3)4;1-2/h5-12,18H,1-4H3;1H2. The molecule has 2 rings (SSSR count). The second-order valence-electron chi connectivity index (χ2n) is 5.26. The molecule has 0 aliphatic carbocycles. The van der Waals surface area contributed by atoms with Crippen molar-refractivity contribution in [2.24, 2.45) is 0 Å². The van der Waals surface area contributed by atoms with Crippen molar-refractivity contribution in [3.63, 3.8) is 0 Å². The van der Waals surface area contributed by atoms with Gasteiger partial charge >= 0.3 is 0 Å². The second-order valence-corrected chi connectivity index (χ2v) is 5.26. The zero-order valence-electron chi connectivity index (χ0n) is 13.6. The van der Waals surface area contributed by atoms with Gasteiger partial charge < -0.3 is 14.6 Å². The van der Waals surface area contributed by atoms with Crippen LogP contribution in [0.3, 0.4) is 0 Å². The Bertz CT molecular complexity index is 548. The molecule has 0 unspecified atom stereocenters. The van der Waals surface area contributed by atoms with Crippen LogP contribution in [-0.4, -0.2) is 40.7 Å². The third kappa shape index (κ3) is 4.19. The Morgan fingerprint density at radius 2 is 1.00 bits per heavy atom. The van der Waals surface area contributed by atoms with Crippen molar-refractivity contribution in [3.05, 3.63) is 59.7 Å². The smallest absolute Gasteiger partial charge is 0.106 e. The minimum atomic E-state index is 0.556. The van der Waals surface area contributed by atoms with Crippen LogP contribution >= 0.6 is 0 Å². The molecule has 0 aliphatic heterocycles. The predicted molar refractivity (Wildman–Crippen MR) is 94.6 cm³/mol. The zero-order chi connectivity index (χ0) is 16.7. The number of carbonyl (C=O) groups is 1. The molecule has 116 valence electrons. The molecular weight excluding hydrogens is 274 g/mol. The van der Waals surface area contributed by atoms with Crippen molar-refractivity contribution in [1.82, 2.24) is 0 Å². The summed E-state index contributed by atoms with van der Waals surface area (Å²) in [6.45, 7) is 2.00. The monoisotopic (exact) mass is 297 g/mol. The molecule has 22 heavy (non-hydrogen) atoms. The van der Waals surface area contributed by atoms with E-state index in [9.17, 15) is 0 Å². The summed E-state index contributed by atoms with van der Waals surface area (Å²) in [4.78, 5) is 12.1. The highest BCUT2D eigenvalue weighted by Gasteiger charge is 2.06. The molecule has 0 bridgehead atoms. The summed E-state index contributed by atoms with van der Waals surface area (Å²) in [5, 5.41) is 8.30. The molecule has 0 spiro atoms. The van der Waals surface area contributed by atoms with Gasteiger partial charge in [0.15, 0.2) is 0 Å². The van der Waals surface area contributed by atoms with Gasteiger partial charge in [0.25, 0.3) is 0 Å². The van der Waals surface area contributed by atoms with Crippen molar-refractivity contribution in [2.45, 2.75) is 0 Å². The third-order valence-corrected chi connectivity index (χ3v) is 3.34. The van der Waals surface area contributed by atoms with Crippen molar-refractivity contribution >= 4 is 23.9 Å². The topological polar surface area (TPSA) is 47.4 Å². The zero-order valence-corrected chi connectivity index (χ0v) is 13.6. The molecular formula is C18H23N3O. The van der Waals surface area contributed by atoms with E-state index in [1.54, 1.807) is 0 Å². The molecule has 1 N–H and O–H groups in total. The first-order valence-electron chi connectivity index (χ1n) is 6.92. The first kappa shape index (κ1) is 17.4. The average molecular weight is 297 g/mol. The summed E-state index contributed by atoms with van der Waals surface area (Å²) < 4.78 is 0. The number of hydrogen-bond acceptors (Lipinski definition) is 4. The normalized spacial score (nSPS) is 9.45. The molecule has 0 aliphatic rings. The van der Waals surface area contributed by atoms with E-state index in [4.69, 9.17) is 10.2 Å². The van der Waals surface area contributed by atoms with E-state index in [0.717, 1.165) is 22.5 Å². The molecule has 4 heteroatoms. The van der Waals surface area contributed by atoms with Crippen LogP contribution in [0.5, 0.6) is 0 Å². The van der Waals surface area contributed by atoms with Crippen molar-refractivity contribution in [1.29, 1.82) is 5.41 Å². The number of hydrogen-bond donors (Lipinski definition) is 1. The van der Waals surface area contributed by atoms with Crippen LogP contribution in [0.1, 0.15) is 11.1 Å². The summed E-state index contributed by atoms with van der Waals surface area (Å²) in [7, 11) is 8.06. The van der Waals surface area contributed by atoms with Crippen molar-refractivity contribution in [3.8, 4) is 0 Å². The van der Waals surface area contributed by atoms with Crippen molar-refractivity contribution < 1.29 is 4.79 Å². The summed E-state index contributed by atoms with van der Waals surface area (Å²) in [5.74, 6) is 0. The summed E-state index contributed by atoms with van der Waals surface area (Å²) in [5.41, 5.74) is 4.72. The molecule has 0 aromatic heterocycles. The number of rotatable bonds is 4. The maximum Gasteiger partial charge on any atom is 0.106 e. The molecule has 0 saturated carbocycles. The number of anilines is 2. The van der Waals surface area contributed by atoms with E-state index < -0.39 is 0 Å². The highest BCUT2D eigenvalue weighted by Crippen LogP contribution is 2.18. The van der Waals surface area contributed by atoms with Gasteiger partial charge in [0.05, 0.1) is 5.71 Å². The molecule has 0 radical (unpaired) electrons.